The van der Waals surface area contributed by atoms with Gasteiger partial charge in [0.05, 0.1) is 11.2 Å². The predicted molar refractivity (Wildman–Crippen MR) is 75.0 cm³/mol. The summed E-state index contributed by atoms with van der Waals surface area (Å²) in [5.74, 6) is 2.72. The Kier molecular flexibility index (Phi) is 3.65. The van der Waals surface area contributed by atoms with Crippen molar-refractivity contribution in [3.05, 3.63) is 0 Å². The van der Waals surface area contributed by atoms with Crippen LogP contribution in [0, 0.1) is 5.92 Å². The molecule has 0 aromatic rings. The van der Waals surface area contributed by atoms with Gasteiger partial charge in [-0.2, -0.15) is 11.8 Å². The maximum atomic E-state index is 10.7. The Balaban J connectivity index is 1.59. The van der Waals surface area contributed by atoms with Crippen LogP contribution < -0.4 is 5.32 Å². The fourth-order valence-electron chi connectivity index (χ4n) is 3.20. The largest absolute Gasteiger partial charge is 0.389 e. The van der Waals surface area contributed by atoms with E-state index in [2.05, 4.69) is 5.32 Å². The standard InChI is InChI=1S/C14H25NO2S/c1-13(16,9-15-12-2-3-12)11-4-6-17-14(8-11)5-7-18-10-14/h11-12,15-16H,2-10H2,1H3. The summed E-state index contributed by atoms with van der Waals surface area (Å²) >= 11 is 2.00. The summed E-state index contributed by atoms with van der Waals surface area (Å²) in [5.41, 5.74) is -0.496. The van der Waals surface area contributed by atoms with E-state index in [1.54, 1.807) is 0 Å². The lowest BCUT2D eigenvalue weighted by Crippen LogP contribution is -2.51. The van der Waals surface area contributed by atoms with Crippen molar-refractivity contribution in [2.75, 3.05) is 24.7 Å². The molecule has 3 aliphatic rings. The molecule has 3 rings (SSSR count). The van der Waals surface area contributed by atoms with Crippen molar-refractivity contribution in [2.45, 2.75) is 56.3 Å². The summed E-state index contributed by atoms with van der Waals surface area (Å²) in [5, 5.41) is 14.2. The monoisotopic (exact) mass is 271 g/mol. The van der Waals surface area contributed by atoms with Gasteiger partial charge in [0.15, 0.2) is 0 Å². The van der Waals surface area contributed by atoms with Gasteiger partial charge in [0.1, 0.15) is 0 Å². The van der Waals surface area contributed by atoms with Gasteiger partial charge < -0.3 is 15.2 Å². The zero-order chi connectivity index (χ0) is 12.6. The first-order valence-electron chi connectivity index (χ1n) is 7.27. The molecule has 1 saturated carbocycles. The van der Waals surface area contributed by atoms with Crippen molar-refractivity contribution in [1.29, 1.82) is 0 Å². The summed E-state index contributed by atoms with van der Waals surface area (Å²) in [6, 6.07) is 0.673. The van der Waals surface area contributed by atoms with Crippen LogP contribution >= 0.6 is 11.8 Å². The fraction of sp³-hybridized carbons (Fsp3) is 1.00. The molecule has 2 N–H and O–H groups in total. The first-order valence-corrected chi connectivity index (χ1v) is 8.43. The van der Waals surface area contributed by atoms with Crippen molar-refractivity contribution in [2.24, 2.45) is 5.92 Å². The number of thioether (sulfide) groups is 1. The van der Waals surface area contributed by atoms with Crippen LogP contribution in [0.3, 0.4) is 0 Å². The average Bonchev–Trinajstić information content (AvgIpc) is 3.09. The minimum atomic E-state index is -0.577. The van der Waals surface area contributed by atoms with Crippen LogP contribution in [-0.4, -0.2) is 47.0 Å². The molecule has 3 unspecified atom stereocenters. The number of rotatable bonds is 4. The van der Waals surface area contributed by atoms with Crippen molar-refractivity contribution in [3.63, 3.8) is 0 Å². The smallest absolute Gasteiger partial charge is 0.0784 e. The lowest BCUT2D eigenvalue weighted by molar-refractivity contribution is -0.125. The van der Waals surface area contributed by atoms with Crippen LogP contribution in [0.25, 0.3) is 0 Å². The molecule has 0 radical (unpaired) electrons. The van der Waals surface area contributed by atoms with Gasteiger partial charge in [-0.3, -0.25) is 0 Å². The van der Waals surface area contributed by atoms with E-state index < -0.39 is 5.60 Å². The zero-order valence-electron chi connectivity index (χ0n) is 11.3. The summed E-state index contributed by atoms with van der Waals surface area (Å²) in [6.45, 7) is 3.57. The molecule has 2 heterocycles. The molecule has 104 valence electrons. The Morgan fingerprint density at radius 1 is 1.44 bits per heavy atom. The van der Waals surface area contributed by atoms with Crippen LogP contribution in [-0.2, 0) is 4.74 Å². The van der Waals surface area contributed by atoms with Crippen LogP contribution in [0.4, 0.5) is 0 Å². The predicted octanol–water partition coefficient (Wildman–Crippen LogP) is 1.79. The lowest BCUT2D eigenvalue weighted by Gasteiger charge is -2.43. The van der Waals surface area contributed by atoms with Crippen LogP contribution in [0.5, 0.6) is 0 Å². The van der Waals surface area contributed by atoms with Gasteiger partial charge in [-0.15, -0.1) is 0 Å². The highest BCUT2D eigenvalue weighted by atomic mass is 32.2. The second-order valence-corrected chi connectivity index (χ2v) is 7.64. The van der Waals surface area contributed by atoms with E-state index >= 15 is 0 Å². The first kappa shape index (κ1) is 13.2. The molecule has 1 spiro atoms. The van der Waals surface area contributed by atoms with Crippen molar-refractivity contribution < 1.29 is 9.84 Å². The summed E-state index contributed by atoms with van der Waals surface area (Å²) in [6.07, 6.45) is 5.78. The molecule has 1 aliphatic carbocycles. The van der Waals surface area contributed by atoms with Crippen molar-refractivity contribution in [3.8, 4) is 0 Å². The number of nitrogens with one attached hydrogen (secondary N) is 1. The number of hydrogen-bond donors (Lipinski definition) is 2. The van der Waals surface area contributed by atoms with Gasteiger partial charge in [0.25, 0.3) is 0 Å². The minimum Gasteiger partial charge on any atom is -0.389 e. The first-order chi connectivity index (χ1) is 8.60. The van der Waals surface area contributed by atoms with E-state index in [1.165, 1.54) is 25.0 Å². The second-order valence-electron chi connectivity index (χ2n) is 6.54. The molecule has 2 saturated heterocycles. The third-order valence-electron chi connectivity index (χ3n) is 4.77. The Morgan fingerprint density at radius 2 is 2.28 bits per heavy atom. The third kappa shape index (κ3) is 2.87. The van der Waals surface area contributed by atoms with Gasteiger partial charge in [-0.25, -0.2) is 0 Å². The van der Waals surface area contributed by atoms with Crippen LogP contribution in [0.15, 0.2) is 0 Å². The Bertz CT molecular complexity index is 298. The highest BCUT2D eigenvalue weighted by Gasteiger charge is 2.45. The molecular weight excluding hydrogens is 246 g/mol. The quantitative estimate of drug-likeness (QED) is 0.818. The second kappa shape index (κ2) is 4.97. The van der Waals surface area contributed by atoms with Gasteiger partial charge in [0, 0.05) is 24.9 Å². The van der Waals surface area contributed by atoms with E-state index in [4.69, 9.17) is 4.74 Å². The van der Waals surface area contributed by atoms with E-state index in [-0.39, 0.29) is 5.60 Å². The highest BCUT2D eigenvalue weighted by molar-refractivity contribution is 7.99. The summed E-state index contributed by atoms with van der Waals surface area (Å²) in [7, 11) is 0. The Morgan fingerprint density at radius 3 is 2.94 bits per heavy atom. The van der Waals surface area contributed by atoms with Crippen molar-refractivity contribution in [1.82, 2.24) is 5.32 Å². The molecule has 0 amide bonds. The van der Waals surface area contributed by atoms with E-state index in [1.807, 2.05) is 18.7 Å². The molecule has 18 heavy (non-hydrogen) atoms. The van der Waals surface area contributed by atoms with Gasteiger partial charge in [-0.1, -0.05) is 0 Å². The molecule has 3 nitrogen and oxygen atoms in total. The molecule has 3 atom stereocenters. The molecule has 3 fully saturated rings. The van der Waals surface area contributed by atoms with Crippen LogP contribution in [0.1, 0.15) is 39.0 Å². The molecule has 0 aromatic heterocycles. The topological polar surface area (TPSA) is 41.5 Å². The van der Waals surface area contributed by atoms with Crippen LogP contribution in [0.2, 0.25) is 0 Å². The lowest BCUT2D eigenvalue weighted by atomic mass is 9.76. The maximum absolute atomic E-state index is 10.7. The molecule has 2 aliphatic heterocycles. The van der Waals surface area contributed by atoms with Gasteiger partial charge in [0.2, 0.25) is 0 Å². The average molecular weight is 271 g/mol. The third-order valence-corrected chi connectivity index (χ3v) is 5.99. The summed E-state index contributed by atoms with van der Waals surface area (Å²) in [4.78, 5) is 0. The van der Waals surface area contributed by atoms with E-state index in [0.717, 1.165) is 31.7 Å². The van der Waals surface area contributed by atoms with Gasteiger partial charge in [-0.05, 0) is 50.7 Å². The Labute approximate surface area is 114 Å². The van der Waals surface area contributed by atoms with Crippen molar-refractivity contribution >= 4 is 11.8 Å². The zero-order valence-corrected chi connectivity index (χ0v) is 12.1. The summed E-state index contributed by atoms with van der Waals surface area (Å²) < 4.78 is 6.04. The molecular formula is C14H25NO2S. The minimum absolute atomic E-state index is 0.0805. The molecule has 0 bridgehead atoms. The highest BCUT2D eigenvalue weighted by Crippen LogP contribution is 2.43. The number of hydrogen-bond acceptors (Lipinski definition) is 4. The normalized spacial score (nSPS) is 40.0. The van der Waals surface area contributed by atoms with E-state index in [9.17, 15) is 5.11 Å². The maximum Gasteiger partial charge on any atom is 0.0784 e. The fourth-order valence-corrected chi connectivity index (χ4v) is 4.58. The molecule has 0 aromatic carbocycles. The number of aliphatic hydroxyl groups is 1. The SMILES string of the molecule is CC(O)(CNC1CC1)C1CCOC2(CCSC2)C1. The molecule has 4 heteroatoms. The van der Waals surface area contributed by atoms with E-state index in [0.29, 0.717) is 12.0 Å². The Hall–Kier alpha value is 0.230. The number of ether oxygens (including phenoxy) is 1. The van der Waals surface area contributed by atoms with Gasteiger partial charge >= 0.3 is 0 Å².